The molecule has 1 N–H and O–H groups in total. The Hall–Kier alpha value is -2.80. The molecule has 4 rings (SSSR count). The molecule has 0 saturated heterocycles. The van der Waals surface area contributed by atoms with Crippen LogP contribution >= 0.6 is 0 Å². The number of benzene rings is 3. The second-order valence-electron chi connectivity index (χ2n) is 7.25. The average Bonchev–Trinajstić information content (AvgIpc) is 2.71. The van der Waals surface area contributed by atoms with Crippen molar-refractivity contribution in [2.45, 2.75) is 39.0 Å². The highest BCUT2D eigenvalue weighted by Crippen LogP contribution is 2.42. The summed E-state index contributed by atoms with van der Waals surface area (Å²) in [4.78, 5) is 0. The average molecular weight is 354 g/mol. The summed E-state index contributed by atoms with van der Waals surface area (Å²) >= 11 is 0. The van der Waals surface area contributed by atoms with E-state index in [1.54, 1.807) is 0 Å². The molecule has 0 amide bonds. The predicted octanol–water partition coefficient (Wildman–Crippen LogP) is 7.55. The van der Waals surface area contributed by atoms with Gasteiger partial charge in [0.25, 0.3) is 0 Å². The fraction of sp³-hybridized carbons (Fsp3) is 0.231. The van der Waals surface area contributed by atoms with Gasteiger partial charge in [-0.3, -0.25) is 0 Å². The fourth-order valence-corrected chi connectivity index (χ4v) is 4.24. The second kappa shape index (κ2) is 7.84. The molecule has 0 heterocycles. The number of hydrogen-bond acceptors (Lipinski definition) is 1. The Kier molecular flexibility index (Phi) is 5.11. The van der Waals surface area contributed by atoms with E-state index in [1.165, 1.54) is 27.5 Å². The summed E-state index contributed by atoms with van der Waals surface area (Å²) in [6.45, 7) is 2.23. The number of hydrogen-bond donors (Lipinski definition) is 1. The van der Waals surface area contributed by atoms with Crippen molar-refractivity contribution >= 4 is 21.9 Å². The zero-order chi connectivity index (χ0) is 18.6. The molecule has 0 aromatic heterocycles. The molecule has 0 radical (unpaired) electrons. The molecule has 3 aromatic carbocycles. The lowest BCUT2D eigenvalue weighted by atomic mass is 9.81. The maximum atomic E-state index is 11.2. The van der Waals surface area contributed by atoms with E-state index in [0.717, 1.165) is 43.2 Å². The highest BCUT2D eigenvalue weighted by atomic mass is 16.3. The van der Waals surface area contributed by atoms with E-state index in [9.17, 15) is 5.11 Å². The van der Waals surface area contributed by atoms with Crippen LogP contribution in [0, 0.1) is 0 Å². The molecule has 0 fully saturated rings. The largest absolute Gasteiger partial charge is 0.512 e. The highest BCUT2D eigenvalue weighted by Gasteiger charge is 2.22. The first-order valence-electron chi connectivity index (χ1n) is 9.97. The molecule has 27 heavy (non-hydrogen) atoms. The zero-order valence-electron chi connectivity index (χ0n) is 15.9. The Bertz CT molecular complexity index is 1000. The van der Waals surface area contributed by atoms with E-state index >= 15 is 0 Å². The lowest BCUT2D eigenvalue weighted by Crippen LogP contribution is -2.04. The molecule has 1 nitrogen and oxygen atoms in total. The zero-order valence-corrected chi connectivity index (χ0v) is 15.9. The predicted molar refractivity (Wildman–Crippen MR) is 116 cm³/mol. The number of fused-ring (bicyclic) bond motifs is 1. The van der Waals surface area contributed by atoms with E-state index in [-0.39, 0.29) is 0 Å². The van der Waals surface area contributed by atoms with E-state index in [4.69, 9.17) is 0 Å². The Labute approximate surface area is 161 Å². The van der Waals surface area contributed by atoms with E-state index in [0.29, 0.717) is 5.76 Å². The van der Waals surface area contributed by atoms with Gasteiger partial charge < -0.3 is 5.11 Å². The third kappa shape index (κ3) is 3.42. The van der Waals surface area contributed by atoms with Gasteiger partial charge in [0.05, 0.1) is 0 Å². The topological polar surface area (TPSA) is 20.2 Å². The van der Waals surface area contributed by atoms with Gasteiger partial charge in [-0.25, -0.2) is 0 Å². The Morgan fingerprint density at radius 3 is 2.26 bits per heavy atom. The van der Waals surface area contributed by atoms with Crippen LogP contribution in [0.2, 0.25) is 0 Å². The lowest BCUT2D eigenvalue weighted by molar-refractivity contribution is 0.384. The summed E-state index contributed by atoms with van der Waals surface area (Å²) < 4.78 is 0. The maximum absolute atomic E-state index is 11.2. The van der Waals surface area contributed by atoms with Crippen molar-refractivity contribution in [3.63, 3.8) is 0 Å². The maximum Gasteiger partial charge on any atom is 0.101 e. The van der Waals surface area contributed by atoms with Gasteiger partial charge >= 0.3 is 0 Å². The minimum absolute atomic E-state index is 0.524. The molecule has 1 heteroatoms. The van der Waals surface area contributed by atoms with E-state index < -0.39 is 0 Å². The van der Waals surface area contributed by atoms with Crippen LogP contribution < -0.4 is 0 Å². The van der Waals surface area contributed by atoms with Crippen molar-refractivity contribution in [3.05, 3.63) is 95.3 Å². The number of aliphatic hydroxyl groups is 1. The van der Waals surface area contributed by atoms with Crippen molar-refractivity contribution in [1.29, 1.82) is 0 Å². The smallest absolute Gasteiger partial charge is 0.101 e. The number of allylic oxidation sites excluding steroid dienone is 4. The monoisotopic (exact) mass is 354 g/mol. The second-order valence-corrected chi connectivity index (χ2v) is 7.25. The first kappa shape index (κ1) is 17.6. The standard InChI is InChI=1S/C26H26O/c1-2-19-11-7-9-18-24(27)26(25(19)21-13-4-3-5-14-21)23-17-10-15-20-12-6-8-16-22(20)23/h3-6,8,10,12-17,27H,2,7,9,11,18H2,1H3/b25-19+,26-24-. The normalized spacial score (nSPS) is 21.1. The van der Waals surface area contributed by atoms with Crippen LogP contribution in [-0.4, -0.2) is 5.11 Å². The third-order valence-electron chi connectivity index (χ3n) is 5.58. The van der Waals surface area contributed by atoms with Crippen LogP contribution in [0.25, 0.3) is 21.9 Å². The Balaban J connectivity index is 2.05. The number of aliphatic hydroxyl groups excluding tert-OH is 1. The summed E-state index contributed by atoms with van der Waals surface area (Å²) in [5, 5.41) is 13.6. The highest BCUT2D eigenvalue weighted by molar-refractivity contribution is 6.12. The first-order chi connectivity index (χ1) is 13.3. The third-order valence-corrected chi connectivity index (χ3v) is 5.58. The van der Waals surface area contributed by atoms with Crippen molar-refractivity contribution in [3.8, 4) is 0 Å². The molecule has 1 aliphatic rings. The summed E-state index contributed by atoms with van der Waals surface area (Å²) in [6, 6.07) is 25.4. The van der Waals surface area contributed by atoms with Crippen LogP contribution in [0.3, 0.4) is 0 Å². The van der Waals surface area contributed by atoms with Crippen molar-refractivity contribution < 1.29 is 5.11 Å². The molecular formula is C26H26O. The van der Waals surface area contributed by atoms with Crippen LogP contribution in [0.5, 0.6) is 0 Å². The first-order valence-corrected chi connectivity index (χ1v) is 9.97. The van der Waals surface area contributed by atoms with Gasteiger partial charge in [0.2, 0.25) is 0 Å². The quantitative estimate of drug-likeness (QED) is 0.515. The summed E-state index contributed by atoms with van der Waals surface area (Å²) in [6.07, 6.45) is 5.01. The van der Waals surface area contributed by atoms with Gasteiger partial charge in [-0.05, 0) is 53.2 Å². The van der Waals surface area contributed by atoms with Gasteiger partial charge in [-0.2, -0.15) is 0 Å². The van der Waals surface area contributed by atoms with Crippen molar-refractivity contribution in [2.24, 2.45) is 0 Å². The van der Waals surface area contributed by atoms with Gasteiger partial charge in [-0.1, -0.05) is 85.3 Å². The van der Waals surface area contributed by atoms with Crippen molar-refractivity contribution in [1.82, 2.24) is 0 Å². The molecular weight excluding hydrogens is 328 g/mol. The molecule has 0 atom stereocenters. The summed E-state index contributed by atoms with van der Waals surface area (Å²) in [5.74, 6) is 0.524. The Morgan fingerprint density at radius 2 is 1.44 bits per heavy atom. The van der Waals surface area contributed by atoms with Crippen LogP contribution in [0.1, 0.15) is 50.2 Å². The van der Waals surface area contributed by atoms with Crippen LogP contribution in [0.15, 0.2) is 84.1 Å². The van der Waals surface area contributed by atoms with Gasteiger partial charge in [-0.15, -0.1) is 0 Å². The molecule has 1 aliphatic carbocycles. The van der Waals surface area contributed by atoms with Gasteiger partial charge in [0.15, 0.2) is 0 Å². The lowest BCUT2D eigenvalue weighted by Gasteiger charge is -2.23. The van der Waals surface area contributed by atoms with E-state index in [2.05, 4.69) is 79.7 Å². The summed E-state index contributed by atoms with van der Waals surface area (Å²) in [7, 11) is 0. The molecule has 0 unspecified atom stereocenters. The van der Waals surface area contributed by atoms with Crippen molar-refractivity contribution in [2.75, 3.05) is 0 Å². The Morgan fingerprint density at radius 1 is 0.741 bits per heavy atom. The molecule has 0 aliphatic heterocycles. The SMILES string of the molecule is CC/C1=C(c2ccccc2)\C(c2cccc3ccccc23)=C(/O)CCCC1. The van der Waals surface area contributed by atoms with Gasteiger partial charge in [0.1, 0.15) is 5.76 Å². The molecule has 0 spiro atoms. The minimum Gasteiger partial charge on any atom is -0.512 e. The minimum atomic E-state index is 0.524. The fourth-order valence-electron chi connectivity index (χ4n) is 4.24. The molecule has 0 saturated carbocycles. The van der Waals surface area contributed by atoms with E-state index in [1.807, 2.05) is 0 Å². The summed E-state index contributed by atoms with van der Waals surface area (Å²) in [5.41, 5.74) is 6.03. The van der Waals surface area contributed by atoms with Gasteiger partial charge in [0, 0.05) is 12.0 Å². The van der Waals surface area contributed by atoms with Crippen LogP contribution in [-0.2, 0) is 0 Å². The number of rotatable bonds is 3. The molecule has 136 valence electrons. The molecule has 0 bridgehead atoms. The molecule has 3 aromatic rings. The van der Waals surface area contributed by atoms with Crippen LogP contribution in [0.4, 0.5) is 0 Å².